The van der Waals surface area contributed by atoms with Crippen molar-refractivity contribution in [3.05, 3.63) is 45.7 Å². The Morgan fingerprint density at radius 3 is 2.52 bits per heavy atom. The van der Waals surface area contributed by atoms with Crippen LogP contribution >= 0.6 is 11.6 Å². The lowest BCUT2D eigenvalue weighted by molar-refractivity contribution is -0.137. The van der Waals surface area contributed by atoms with Crippen molar-refractivity contribution < 1.29 is 18.0 Å². The van der Waals surface area contributed by atoms with E-state index >= 15 is 0 Å². The highest BCUT2D eigenvalue weighted by Gasteiger charge is 2.31. The highest BCUT2D eigenvalue weighted by Crippen LogP contribution is 2.33. The van der Waals surface area contributed by atoms with E-state index in [4.69, 9.17) is 11.6 Å². The van der Waals surface area contributed by atoms with Gasteiger partial charge >= 0.3 is 6.18 Å². The third kappa shape index (κ3) is 3.85. The van der Waals surface area contributed by atoms with Crippen LogP contribution < -0.4 is 5.32 Å². The highest BCUT2D eigenvalue weighted by molar-refractivity contribution is 6.33. The maximum absolute atomic E-state index is 12.7. The third-order valence-electron chi connectivity index (χ3n) is 3.56. The molecule has 0 aliphatic carbocycles. The van der Waals surface area contributed by atoms with Crippen LogP contribution in [0.4, 0.5) is 18.9 Å². The Labute approximate surface area is 136 Å². The largest absolute Gasteiger partial charge is 0.416 e. The van der Waals surface area contributed by atoms with Crippen LogP contribution in [0.5, 0.6) is 0 Å². The third-order valence-corrected chi connectivity index (χ3v) is 3.89. The smallest absolute Gasteiger partial charge is 0.324 e. The van der Waals surface area contributed by atoms with Crippen LogP contribution in [-0.4, -0.2) is 15.7 Å². The van der Waals surface area contributed by atoms with E-state index in [-0.39, 0.29) is 17.1 Å². The summed E-state index contributed by atoms with van der Waals surface area (Å²) in [7, 11) is 1.76. The molecule has 4 nitrogen and oxygen atoms in total. The number of carbonyl (C=O) groups is 1. The number of benzene rings is 1. The van der Waals surface area contributed by atoms with Crippen molar-refractivity contribution in [3.8, 4) is 0 Å². The predicted octanol–water partition coefficient (Wildman–Crippen LogP) is 3.89. The molecule has 0 bridgehead atoms. The minimum atomic E-state index is -4.50. The number of carbonyl (C=O) groups excluding carboxylic acids is 1. The minimum absolute atomic E-state index is 0.0120. The molecule has 124 valence electrons. The lowest BCUT2D eigenvalue weighted by Gasteiger charge is -2.11. The molecule has 1 N–H and O–H groups in total. The maximum Gasteiger partial charge on any atom is 0.416 e. The Hall–Kier alpha value is -2.02. The maximum atomic E-state index is 12.7. The molecule has 0 radical (unpaired) electrons. The standard InChI is InChI=1S/C15H15ClF3N3O/c1-8-11(9(2)22(3)21-8)7-14(23)20-13-6-10(15(17,18)19)4-5-12(13)16/h4-6H,7H2,1-3H3,(H,20,23). The summed E-state index contributed by atoms with van der Waals surface area (Å²) in [5, 5.41) is 6.67. The number of aryl methyl sites for hydroxylation is 2. The molecule has 23 heavy (non-hydrogen) atoms. The lowest BCUT2D eigenvalue weighted by atomic mass is 10.1. The van der Waals surface area contributed by atoms with Gasteiger partial charge in [-0.3, -0.25) is 9.48 Å². The quantitative estimate of drug-likeness (QED) is 0.917. The number of nitrogens with zero attached hydrogens (tertiary/aromatic N) is 2. The summed E-state index contributed by atoms with van der Waals surface area (Å²) < 4.78 is 39.8. The summed E-state index contributed by atoms with van der Waals surface area (Å²) in [6, 6.07) is 2.80. The normalized spacial score (nSPS) is 11.6. The molecule has 1 aromatic carbocycles. The summed E-state index contributed by atoms with van der Waals surface area (Å²) in [4.78, 5) is 12.1. The van der Waals surface area contributed by atoms with Gasteiger partial charge in [0.2, 0.25) is 5.91 Å². The molecule has 0 fully saturated rings. The molecule has 1 amide bonds. The summed E-state index contributed by atoms with van der Waals surface area (Å²) >= 11 is 5.86. The van der Waals surface area contributed by atoms with Gasteiger partial charge < -0.3 is 5.32 Å². The van der Waals surface area contributed by atoms with Gasteiger partial charge in [0.25, 0.3) is 0 Å². The first-order valence-corrected chi connectivity index (χ1v) is 7.13. The van der Waals surface area contributed by atoms with E-state index in [1.807, 2.05) is 6.92 Å². The van der Waals surface area contributed by atoms with E-state index in [9.17, 15) is 18.0 Å². The van der Waals surface area contributed by atoms with Gasteiger partial charge in [-0.1, -0.05) is 11.6 Å². The minimum Gasteiger partial charge on any atom is -0.324 e. The van der Waals surface area contributed by atoms with E-state index in [1.54, 1.807) is 18.7 Å². The predicted molar refractivity (Wildman–Crippen MR) is 81.5 cm³/mol. The second-order valence-electron chi connectivity index (χ2n) is 5.19. The number of nitrogens with one attached hydrogen (secondary N) is 1. The van der Waals surface area contributed by atoms with Crippen LogP contribution in [0.25, 0.3) is 0 Å². The topological polar surface area (TPSA) is 46.9 Å². The second-order valence-corrected chi connectivity index (χ2v) is 5.60. The Morgan fingerprint density at radius 2 is 2.00 bits per heavy atom. The van der Waals surface area contributed by atoms with Crippen LogP contribution in [0.3, 0.4) is 0 Å². The number of hydrogen-bond donors (Lipinski definition) is 1. The molecule has 1 aromatic heterocycles. The zero-order valence-electron chi connectivity index (χ0n) is 12.8. The van der Waals surface area contributed by atoms with Gasteiger partial charge in [-0.2, -0.15) is 18.3 Å². The van der Waals surface area contributed by atoms with Crippen LogP contribution in [-0.2, 0) is 24.4 Å². The van der Waals surface area contributed by atoms with Gasteiger partial charge in [-0.15, -0.1) is 0 Å². The first-order valence-electron chi connectivity index (χ1n) is 6.75. The molecule has 1 heterocycles. The summed E-state index contributed by atoms with van der Waals surface area (Å²) in [6.07, 6.45) is -4.49. The van der Waals surface area contributed by atoms with Crippen molar-refractivity contribution in [1.82, 2.24) is 9.78 Å². The Morgan fingerprint density at radius 1 is 1.35 bits per heavy atom. The highest BCUT2D eigenvalue weighted by atomic mass is 35.5. The number of amides is 1. The Bertz CT molecular complexity index is 753. The van der Waals surface area contributed by atoms with Crippen molar-refractivity contribution in [2.45, 2.75) is 26.4 Å². The number of halogens is 4. The first kappa shape index (κ1) is 17.3. The van der Waals surface area contributed by atoms with Gasteiger partial charge in [0.1, 0.15) is 0 Å². The molecule has 8 heteroatoms. The fourth-order valence-corrected chi connectivity index (χ4v) is 2.39. The van der Waals surface area contributed by atoms with Crippen molar-refractivity contribution >= 4 is 23.2 Å². The molecule has 0 saturated carbocycles. The van der Waals surface area contributed by atoms with E-state index < -0.39 is 17.6 Å². The molecule has 0 spiro atoms. The van der Waals surface area contributed by atoms with Gasteiger partial charge in [0, 0.05) is 18.3 Å². The fraction of sp³-hybridized carbons (Fsp3) is 0.333. The van der Waals surface area contributed by atoms with Gasteiger partial charge in [0.15, 0.2) is 0 Å². The molecule has 0 saturated heterocycles. The number of rotatable bonds is 3. The fourth-order valence-electron chi connectivity index (χ4n) is 2.23. The number of anilines is 1. The van der Waals surface area contributed by atoms with E-state index in [2.05, 4.69) is 10.4 Å². The average Bonchev–Trinajstić information content (AvgIpc) is 2.66. The van der Waals surface area contributed by atoms with Gasteiger partial charge in [-0.25, -0.2) is 0 Å². The summed E-state index contributed by atoms with van der Waals surface area (Å²) in [5.41, 5.74) is 1.34. The number of hydrogen-bond acceptors (Lipinski definition) is 2. The molecule has 0 aliphatic heterocycles. The van der Waals surface area contributed by atoms with Crippen molar-refractivity contribution in [2.75, 3.05) is 5.32 Å². The zero-order valence-corrected chi connectivity index (χ0v) is 13.5. The molecule has 2 aromatic rings. The molecular formula is C15H15ClF3N3O. The van der Waals surface area contributed by atoms with E-state index in [1.165, 1.54) is 0 Å². The van der Waals surface area contributed by atoms with Crippen LogP contribution in [0.1, 0.15) is 22.5 Å². The Balaban J connectivity index is 2.20. The summed E-state index contributed by atoms with van der Waals surface area (Å²) in [6.45, 7) is 3.59. The van der Waals surface area contributed by atoms with E-state index in [0.29, 0.717) is 5.69 Å². The monoisotopic (exact) mass is 345 g/mol. The van der Waals surface area contributed by atoms with Crippen LogP contribution in [0.15, 0.2) is 18.2 Å². The van der Waals surface area contributed by atoms with Gasteiger partial charge in [-0.05, 0) is 32.0 Å². The second kappa shape index (κ2) is 6.23. The molecule has 0 atom stereocenters. The zero-order chi connectivity index (χ0) is 17.4. The van der Waals surface area contributed by atoms with Crippen molar-refractivity contribution in [3.63, 3.8) is 0 Å². The van der Waals surface area contributed by atoms with Crippen LogP contribution in [0.2, 0.25) is 5.02 Å². The molecule has 2 rings (SSSR count). The van der Waals surface area contributed by atoms with E-state index in [0.717, 1.165) is 29.5 Å². The lowest BCUT2D eigenvalue weighted by Crippen LogP contribution is -2.16. The summed E-state index contributed by atoms with van der Waals surface area (Å²) in [5.74, 6) is -0.453. The van der Waals surface area contributed by atoms with Crippen molar-refractivity contribution in [1.29, 1.82) is 0 Å². The number of aromatic nitrogens is 2. The van der Waals surface area contributed by atoms with Crippen molar-refractivity contribution in [2.24, 2.45) is 7.05 Å². The molecule has 0 aliphatic rings. The number of alkyl halides is 3. The van der Waals surface area contributed by atoms with Gasteiger partial charge in [0.05, 0.1) is 28.4 Å². The molecule has 0 unspecified atom stereocenters. The Kier molecular flexibility index (Phi) is 4.70. The molecular weight excluding hydrogens is 331 g/mol. The van der Waals surface area contributed by atoms with Crippen LogP contribution in [0, 0.1) is 13.8 Å². The first-order chi connectivity index (χ1) is 10.6. The average molecular weight is 346 g/mol. The SMILES string of the molecule is Cc1nn(C)c(C)c1CC(=O)Nc1cc(C(F)(F)F)ccc1Cl.